The van der Waals surface area contributed by atoms with Gasteiger partial charge in [0.05, 0.1) is 18.1 Å². The van der Waals surface area contributed by atoms with Crippen molar-refractivity contribution in [3.05, 3.63) is 16.1 Å². The summed E-state index contributed by atoms with van der Waals surface area (Å²) in [4.78, 5) is 26.3. The number of nitrogens with one attached hydrogen (secondary N) is 2. The lowest BCUT2D eigenvalue weighted by atomic mass is 10.2. The second-order valence-corrected chi connectivity index (χ2v) is 7.85. The van der Waals surface area contributed by atoms with Crippen molar-refractivity contribution in [2.24, 2.45) is 0 Å². The second-order valence-electron chi connectivity index (χ2n) is 4.68. The highest BCUT2D eigenvalue weighted by molar-refractivity contribution is 7.91. The van der Waals surface area contributed by atoms with Gasteiger partial charge in [-0.15, -0.1) is 11.3 Å². The monoisotopic (exact) mass is 333 g/mol. The summed E-state index contributed by atoms with van der Waals surface area (Å²) in [5.74, 6) is -1.35. The van der Waals surface area contributed by atoms with E-state index >= 15 is 0 Å². The van der Waals surface area contributed by atoms with E-state index < -0.39 is 15.8 Å². The second kappa shape index (κ2) is 6.50. The molecule has 1 fully saturated rings. The van der Waals surface area contributed by atoms with Gasteiger partial charge in [-0.3, -0.25) is 4.79 Å². The molecule has 3 N–H and O–H groups in total. The topological polar surface area (TPSA) is 125 Å². The average molecular weight is 333 g/mol. The Hall–Kier alpha value is -1.52. The summed E-state index contributed by atoms with van der Waals surface area (Å²) < 4.78 is 22.9. The molecule has 1 aromatic rings. The molecule has 1 aromatic heterocycles. The third-order valence-electron chi connectivity index (χ3n) is 2.94. The van der Waals surface area contributed by atoms with Crippen molar-refractivity contribution in [3.63, 3.8) is 0 Å². The quantitative estimate of drug-likeness (QED) is 0.646. The number of aromatic nitrogens is 1. The van der Waals surface area contributed by atoms with Gasteiger partial charge in [0.1, 0.15) is 5.01 Å². The number of aromatic carboxylic acids is 1. The lowest BCUT2D eigenvalue weighted by molar-refractivity contribution is -0.121. The van der Waals surface area contributed by atoms with Gasteiger partial charge in [0.15, 0.2) is 15.5 Å². The maximum absolute atomic E-state index is 11.8. The van der Waals surface area contributed by atoms with Gasteiger partial charge in [0.25, 0.3) is 0 Å². The minimum atomic E-state index is -3.07. The van der Waals surface area contributed by atoms with E-state index in [2.05, 4.69) is 15.6 Å². The van der Waals surface area contributed by atoms with Crippen molar-refractivity contribution in [2.75, 3.05) is 18.1 Å². The highest BCUT2D eigenvalue weighted by atomic mass is 32.2. The number of carboxylic acids is 1. The van der Waals surface area contributed by atoms with Gasteiger partial charge < -0.3 is 15.7 Å². The number of hydrogen-bond acceptors (Lipinski definition) is 7. The Labute approximate surface area is 125 Å². The van der Waals surface area contributed by atoms with Crippen LogP contribution in [-0.4, -0.2) is 54.5 Å². The normalized spacial score (nSPS) is 20.9. The first-order chi connectivity index (χ1) is 9.85. The van der Waals surface area contributed by atoms with Gasteiger partial charge in [-0.25, -0.2) is 18.2 Å². The molecule has 21 heavy (non-hydrogen) atoms. The molecule has 0 bridgehead atoms. The molecule has 1 atom stereocenters. The van der Waals surface area contributed by atoms with Crippen LogP contribution in [-0.2, 0) is 21.2 Å². The zero-order valence-electron chi connectivity index (χ0n) is 11.0. The summed E-state index contributed by atoms with van der Waals surface area (Å²) in [5, 5.41) is 16.2. The van der Waals surface area contributed by atoms with Crippen molar-refractivity contribution in [1.82, 2.24) is 15.6 Å². The van der Waals surface area contributed by atoms with Crippen molar-refractivity contribution in [1.29, 1.82) is 0 Å². The highest BCUT2D eigenvalue weighted by Crippen LogP contribution is 2.10. The lowest BCUT2D eigenvalue weighted by Crippen LogP contribution is -2.47. The summed E-state index contributed by atoms with van der Waals surface area (Å²) in [6, 6.07) is -0.380. The summed E-state index contributed by atoms with van der Waals surface area (Å²) in [6.45, 7) is 0.491. The molecular weight excluding hydrogens is 318 g/mol. The number of thiazole rings is 1. The fourth-order valence-corrected chi connectivity index (χ4v) is 4.11. The molecule has 1 aliphatic rings. The molecule has 10 heteroatoms. The van der Waals surface area contributed by atoms with Gasteiger partial charge in [-0.2, -0.15) is 0 Å². The molecule has 0 spiro atoms. The van der Waals surface area contributed by atoms with E-state index in [1.807, 2.05) is 0 Å². The lowest BCUT2D eigenvalue weighted by Gasteiger charge is -2.22. The number of amides is 1. The molecule has 0 aromatic carbocycles. The first-order valence-corrected chi connectivity index (χ1v) is 8.94. The number of carbonyl (C=O) groups is 2. The molecule has 0 aliphatic carbocycles. The van der Waals surface area contributed by atoms with E-state index in [-0.39, 0.29) is 42.1 Å². The Morgan fingerprint density at radius 1 is 1.52 bits per heavy atom. The molecule has 2 rings (SSSR count). The van der Waals surface area contributed by atoms with Crippen molar-refractivity contribution >= 4 is 33.1 Å². The van der Waals surface area contributed by atoms with Gasteiger partial charge >= 0.3 is 5.97 Å². The molecule has 1 amide bonds. The summed E-state index contributed by atoms with van der Waals surface area (Å²) >= 11 is 1.15. The number of rotatable bonds is 5. The van der Waals surface area contributed by atoms with Crippen LogP contribution in [0, 0.1) is 0 Å². The molecule has 8 nitrogen and oxygen atoms in total. The van der Waals surface area contributed by atoms with E-state index in [0.29, 0.717) is 11.6 Å². The SMILES string of the molecule is O=C(CC1CS(=O)(=O)CCN1)NCc1nc(C(=O)O)cs1. The third-order valence-corrected chi connectivity index (χ3v) is 5.53. The minimum Gasteiger partial charge on any atom is -0.476 e. The summed E-state index contributed by atoms with van der Waals surface area (Å²) in [6.07, 6.45) is 0.0659. The van der Waals surface area contributed by atoms with Crippen molar-refractivity contribution < 1.29 is 23.1 Å². The molecule has 2 heterocycles. The zero-order chi connectivity index (χ0) is 15.5. The van der Waals surface area contributed by atoms with Crippen LogP contribution in [0.3, 0.4) is 0 Å². The maximum Gasteiger partial charge on any atom is 0.355 e. The van der Waals surface area contributed by atoms with E-state index in [9.17, 15) is 18.0 Å². The smallest absolute Gasteiger partial charge is 0.355 e. The predicted octanol–water partition coefficient (Wildman–Crippen LogP) is -0.766. The largest absolute Gasteiger partial charge is 0.476 e. The van der Waals surface area contributed by atoms with Crippen LogP contribution in [0.1, 0.15) is 21.9 Å². The number of carboxylic acid groups (broad SMARTS) is 1. The van der Waals surface area contributed by atoms with E-state index in [0.717, 1.165) is 11.3 Å². The predicted molar refractivity (Wildman–Crippen MR) is 76.0 cm³/mol. The maximum atomic E-state index is 11.8. The minimum absolute atomic E-state index is 0.0408. The fraction of sp³-hybridized carbons (Fsp3) is 0.545. The number of hydrogen-bond donors (Lipinski definition) is 3. The van der Waals surface area contributed by atoms with Crippen LogP contribution in [0.15, 0.2) is 5.38 Å². The van der Waals surface area contributed by atoms with Crippen LogP contribution < -0.4 is 10.6 Å². The summed E-state index contributed by atoms with van der Waals surface area (Å²) in [5.41, 5.74) is -0.0516. The van der Waals surface area contributed by atoms with Gasteiger partial charge in [-0.1, -0.05) is 0 Å². The molecular formula is C11H15N3O5S2. The van der Waals surface area contributed by atoms with Gasteiger partial charge in [0.2, 0.25) is 5.91 Å². The van der Waals surface area contributed by atoms with Crippen molar-refractivity contribution in [3.8, 4) is 0 Å². The molecule has 1 aliphatic heterocycles. The van der Waals surface area contributed by atoms with Crippen LogP contribution in [0.2, 0.25) is 0 Å². The van der Waals surface area contributed by atoms with E-state index in [4.69, 9.17) is 5.11 Å². The number of nitrogens with zero attached hydrogens (tertiary/aromatic N) is 1. The molecule has 1 unspecified atom stereocenters. The number of sulfone groups is 1. The van der Waals surface area contributed by atoms with E-state index in [1.54, 1.807) is 0 Å². The highest BCUT2D eigenvalue weighted by Gasteiger charge is 2.25. The van der Waals surface area contributed by atoms with Crippen LogP contribution in [0.4, 0.5) is 0 Å². The van der Waals surface area contributed by atoms with Crippen LogP contribution >= 0.6 is 11.3 Å². The van der Waals surface area contributed by atoms with Crippen LogP contribution in [0.5, 0.6) is 0 Å². The molecule has 1 saturated heterocycles. The van der Waals surface area contributed by atoms with E-state index in [1.165, 1.54) is 5.38 Å². The Morgan fingerprint density at radius 3 is 2.90 bits per heavy atom. The Balaban J connectivity index is 1.80. The van der Waals surface area contributed by atoms with Crippen LogP contribution in [0.25, 0.3) is 0 Å². The third kappa shape index (κ3) is 4.76. The average Bonchev–Trinajstić information content (AvgIpc) is 2.84. The zero-order valence-corrected chi connectivity index (χ0v) is 12.7. The summed E-state index contributed by atoms with van der Waals surface area (Å²) in [7, 11) is -3.07. The Bertz CT molecular complexity index is 640. The Kier molecular flexibility index (Phi) is 4.91. The molecule has 116 valence electrons. The standard InChI is InChI=1S/C11H15N3O5S2/c15-9(3-7-6-21(18,19)2-1-12-7)13-4-10-14-8(5-20-10)11(16)17/h5,7,12H,1-4,6H2,(H,13,15)(H,16,17). The first-order valence-electron chi connectivity index (χ1n) is 6.24. The van der Waals surface area contributed by atoms with Crippen molar-refractivity contribution in [2.45, 2.75) is 19.0 Å². The first kappa shape index (κ1) is 15.9. The van der Waals surface area contributed by atoms with Gasteiger partial charge in [-0.05, 0) is 0 Å². The fourth-order valence-electron chi connectivity index (χ4n) is 1.96. The number of carbonyl (C=O) groups excluding carboxylic acids is 1. The molecule has 0 radical (unpaired) electrons. The van der Waals surface area contributed by atoms with Gasteiger partial charge in [0, 0.05) is 24.4 Å². The molecule has 0 saturated carbocycles. The Morgan fingerprint density at radius 2 is 2.29 bits per heavy atom.